The van der Waals surface area contributed by atoms with Gasteiger partial charge in [-0.1, -0.05) is 54.7 Å². The van der Waals surface area contributed by atoms with Crippen LogP contribution in [0.5, 0.6) is 0 Å². The lowest BCUT2D eigenvalue weighted by Gasteiger charge is -2.35. The van der Waals surface area contributed by atoms with E-state index in [4.69, 9.17) is 28.9 Å². The number of nitrogens with two attached hydrogens (primary N) is 1. The molecule has 6 heteroatoms. The maximum absolute atomic E-state index is 13.0. The minimum atomic E-state index is -0.519. The van der Waals surface area contributed by atoms with Crippen LogP contribution in [0.25, 0.3) is 0 Å². The summed E-state index contributed by atoms with van der Waals surface area (Å²) in [5, 5.41) is 1.51. The first-order chi connectivity index (χ1) is 16.9. The first-order valence-corrected chi connectivity index (χ1v) is 14.0. The number of piperidine rings is 1. The number of amides is 1. The summed E-state index contributed by atoms with van der Waals surface area (Å²) < 4.78 is 0. The van der Waals surface area contributed by atoms with Crippen LogP contribution in [0.4, 0.5) is 0 Å². The van der Waals surface area contributed by atoms with Crippen LogP contribution in [0, 0.1) is 5.92 Å². The second kappa shape index (κ2) is 12.6. The van der Waals surface area contributed by atoms with Crippen LogP contribution in [-0.4, -0.2) is 54.5 Å². The van der Waals surface area contributed by atoms with Gasteiger partial charge in [0.2, 0.25) is 5.91 Å². The first kappa shape index (κ1) is 26.5. The van der Waals surface area contributed by atoms with Gasteiger partial charge in [-0.3, -0.25) is 4.79 Å². The Kier molecular flexibility index (Phi) is 9.52. The predicted octanol–water partition coefficient (Wildman–Crippen LogP) is 5.93. The van der Waals surface area contributed by atoms with E-state index in [2.05, 4.69) is 24.0 Å². The van der Waals surface area contributed by atoms with E-state index < -0.39 is 6.04 Å². The Morgan fingerprint density at radius 2 is 1.63 bits per heavy atom. The third-order valence-electron chi connectivity index (χ3n) is 7.84. The Morgan fingerprint density at radius 3 is 2.29 bits per heavy atom. The molecule has 2 heterocycles. The van der Waals surface area contributed by atoms with Crippen molar-refractivity contribution in [2.45, 2.75) is 63.8 Å². The van der Waals surface area contributed by atoms with Crippen molar-refractivity contribution in [3.8, 4) is 0 Å². The van der Waals surface area contributed by atoms with Gasteiger partial charge in [-0.15, -0.1) is 0 Å². The van der Waals surface area contributed by atoms with Crippen molar-refractivity contribution in [3.63, 3.8) is 0 Å². The fraction of sp³-hybridized carbons (Fsp3) is 0.552. The molecule has 2 aromatic rings. The fourth-order valence-electron chi connectivity index (χ4n) is 5.74. The molecule has 1 amide bonds. The smallest absolute Gasteiger partial charge is 0.239 e. The number of halogens is 2. The Hall–Kier alpha value is -1.59. The van der Waals surface area contributed by atoms with E-state index >= 15 is 0 Å². The largest absolute Gasteiger partial charge is 0.341 e. The lowest BCUT2D eigenvalue weighted by Crippen LogP contribution is -2.47. The quantitative estimate of drug-likeness (QED) is 0.449. The number of hydrogen-bond acceptors (Lipinski definition) is 3. The summed E-state index contributed by atoms with van der Waals surface area (Å²) in [4.78, 5) is 17.6. The van der Waals surface area contributed by atoms with E-state index in [0.29, 0.717) is 23.3 Å². The third kappa shape index (κ3) is 7.22. The zero-order valence-electron chi connectivity index (χ0n) is 20.9. The lowest BCUT2D eigenvalue weighted by molar-refractivity contribution is -0.133. The highest BCUT2D eigenvalue weighted by Gasteiger charge is 2.28. The van der Waals surface area contributed by atoms with Gasteiger partial charge in [-0.25, -0.2) is 0 Å². The summed E-state index contributed by atoms with van der Waals surface area (Å²) in [7, 11) is 0. The molecule has 4 rings (SSSR count). The Balaban J connectivity index is 1.36. The predicted molar refractivity (Wildman–Crippen MR) is 146 cm³/mol. The number of rotatable bonds is 9. The molecule has 2 saturated heterocycles. The minimum Gasteiger partial charge on any atom is -0.341 e. The molecule has 4 nitrogen and oxygen atoms in total. The van der Waals surface area contributed by atoms with Crippen LogP contribution in [0.1, 0.15) is 61.6 Å². The first-order valence-electron chi connectivity index (χ1n) is 13.2. The van der Waals surface area contributed by atoms with Crippen molar-refractivity contribution in [2.24, 2.45) is 11.7 Å². The second-order valence-electron chi connectivity index (χ2n) is 10.4. The maximum Gasteiger partial charge on any atom is 0.239 e. The van der Waals surface area contributed by atoms with E-state index in [-0.39, 0.29) is 5.91 Å². The zero-order chi connectivity index (χ0) is 24.8. The third-order valence-corrected chi connectivity index (χ3v) is 8.33. The highest BCUT2D eigenvalue weighted by Crippen LogP contribution is 2.34. The standard InChI is InChI=1S/C29H39Cl2N3O/c1-2-21(20-33-13-3-4-14-33)17-24-19-26(31)9-10-27(24)23-11-15-34(16-12-23)29(35)28(32)18-22-5-7-25(30)8-6-22/h5-10,19,21,23,28H,2-4,11-18,20,32H2,1H3/t21-,28+/m0/s1. The number of carbonyl (C=O) groups excluding carboxylic acids is 1. The number of carbonyl (C=O) groups is 1. The van der Waals surface area contributed by atoms with E-state index in [9.17, 15) is 4.79 Å². The van der Waals surface area contributed by atoms with E-state index in [1.165, 1.54) is 50.0 Å². The van der Waals surface area contributed by atoms with Gasteiger partial charge < -0.3 is 15.5 Å². The summed E-state index contributed by atoms with van der Waals surface area (Å²) in [6.45, 7) is 7.48. The van der Waals surface area contributed by atoms with Crippen LogP contribution >= 0.6 is 23.2 Å². The molecule has 2 aliphatic rings. The number of likely N-dealkylation sites (tertiary alicyclic amines) is 2. The van der Waals surface area contributed by atoms with E-state index in [1.54, 1.807) is 0 Å². The normalized spacial score (nSPS) is 19.1. The van der Waals surface area contributed by atoms with Crippen LogP contribution < -0.4 is 5.73 Å². The van der Waals surface area contributed by atoms with Crippen LogP contribution in [0.3, 0.4) is 0 Å². The lowest BCUT2D eigenvalue weighted by atomic mass is 9.83. The summed E-state index contributed by atoms with van der Waals surface area (Å²) in [5.41, 5.74) is 10.2. The molecule has 190 valence electrons. The monoisotopic (exact) mass is 515 g/mol. The molecule has 0 aliphatic carbocycles. The minimum absolute atomic E-state index is 0.0476. The van der Waals surface area contributed by atoms with E-state index in [0.717, 1.165) is 42.9 Å². The molecule has 2 aliphatic heterocycles. The van der Waals surface area contributed by atoms with Gasteiger partial charge in [0.15, 0.2) is 0 Å². The highest BCUT2D eigenvalue weighted by atomic mass is 35.5. The molecular formula is C29H39Cl2N3O. The molecule has 0 aromatic heterocycles. The molecule has 0 bridgehead atoms. The summed E-state index contributed by atoms with van der Waals surface area (Å²) >= 11 is 12.4. The number of hydrogen-bond donors (Lipinski definition) is 1. The average molecular weight is 517 g/mol. The average Bonchev–Trinajstić information content (AvgIpc) is 3.38. The highest BCUT2D eigenvalue weighted by molar-refractivity contribution is 6.30. The van der Waals surface area contributed by atoms with Crippen LogP contribution in [0.2, 0.25) is 10.0 Å². The zero-order valence-corrected chi connectivity index (χ0v) is 22.4. The molecule has 0 spiro atoms. The van der Waals surface area contributed by atoms with Crippen molar-refractivity contribution in [3.05, 3.63) is 69.2 Å². The van der Waals surface area contributed by atoms with E-state index in [1.807, 2.05) is 35.2 Å². The van der Waals surface area contributed by atoms with Crippen molar-refractivity contribution in [1.82, 2.24) is 9.80 Å². The van der Waals surface area contributed by atoms with Gasteiger partial charge in [0, 0.05) is 29.7 Å². The summed E-state index contributed by atoms with van der Waals surface area (Å²) in [6, 6.07) is 13.5. The van der Waals surface area contributed by atoms with Gasteiger partial charge >= 0.3 is 0 Å². The topological polar surface area (TPSA) is 49.6 Å². The summed E-state index contributed by atoms with van der Waals surface area (Å²) in [6.07, 6.45) is 7.40. The van der Waals surface area contributed by atoms with Gasteiger partial charge in [-0.05, 0) is 104 Å². The molecule has 2 aromatic carbocycles. The molecule has 0 unspecified atom stereocenters. The molecule has 0 saturated carbocycles. The molecular weight excluding hydrogens is 477 g/mol. The fourth-order valence-corrected chi connectivity index (χ4v) is 6.06. The molecule has 2 atom stereocenters. The van der Waals surface area contributed by atoms with Gasteiger partial charge in [0.1, 0.15) is 0 Å². The van der Waals surface area contributed by atoms with Crippen molar-refractivity contribution >= 4 is 29.1 Å². The Labute approximate surface area is 220 Å². The Morgan fingerprint density at radius 1 is 0.971 bits per heavy atom. The molecule has 0 radical (unpaired) electrons. The molecule has 2 N–H and O–H groups in total. The number of benzene rings is 2. The van der Waals surface area contributed by atoms with Gasteiger partial charge in [-0.2, -0.15) is 0 Å². The van der Waals surface area contributed by atoms with Crippen LogP contribution in [-0.2, 0) is 17.6 Å². The van der Waals surface area contributed by atoms with Crippen LogP contribution in [0.15, 0.2) is 42.5 Å². The van der Waals surface area contributed by atoms with Gasteiger partial charge in [0.05, 0.1) is 6.04 Å². The van der Waals surface area contributed by atoms with Crippen molar-refractivity contribution in [2.75, 3.05) is 32.7 Å². The Bertz CT molecular complexity index is 966. The molecule has 2 fully saturated rings. The maximum atomic E-state index is 13.0. The van der Waals surface area contributed by atoms with Gasteiger partial charge in [0.25, 0.3) is 0 Å². The second-order valence-corrected chi connectivity index (χ2v) is 11.2. The van der Waals surface area contributed by atoms with Crippen molar-refractivity contribution in [1.29, 1.82) is 0 Å². The van der Waals surface area contributed by atoms with Crippen molar-refractivity contribution < 1.29 is 4.79 Å². The SMILES string of the molecule is CC[C@@H](Cc1cc(Cl)ccc1C1CCN(C(=O)[C@H](N)Cc2ccc(Cl)cc2)CC1)CN1CCCC1. The molecule has 35 heavy (non-hydrogen) atoms. The summed E-state index contributed by atoms with van der Waals surface area (Å²) in [5.74, 6) is 1.16. The number of nitrogens with zero attached hydrogens (tertiary/aromatic N) is 2.